The fourth-order valence-electron chi connectivity index (χ4n) is 4.39. The summed E-state index contributed by atoms with van der Waals surface area (Å²) in [6.45, 7) is 3.27. The van der Waals surface area contributed by atoms with Gasteiger partial charge in [-0.05, 0) is 61.2 Å². The molecule has 0 aliphatic carbocycles. The number of carbonyl (C=O) groups is 1. The van der Waals surface area contributed by atoms with Gasteiger partial charge in [-0.1, -0.05) is 12.1 Å². The second kappa shape index (κ2) is 10.1. The number of nitriles is 1. The molecule has 0 radical (unpaired) electrons. The van der Waals surface area contributed by atoms with Gasteiger partial charge >= 0.3 is 0 Å². The molecule has 35 heavy (non-hydrogen) atoms. The van der Waals surface area contributed by atoms with Gasteiger partial charge in [0, 0.05) is 55.9 Å². The highest BCUT2D eigenvalue weighted by molar-refractivity contribution is 5.99. The highest BCUT2D eigenvalue weighted by atomic mass is 19.1. The van der Waals surface area contributed by atoms with E-state index in [1.54, 1.807) is 13.1 Å². The first-order valence-electron chi connectivity index (χ1n) is 11.6. The summed E-state index contributed by atoms with van der Waals surface area (Å²) in [6.07, 6.45) is 4.30. The smallest absolute Gasteiger partial charge is 0.216 e. The lowest BCUT2D eigenvalue weighted by molar-refractivity contribution is -0.114. The Morgan fingerprint density at radius 3 is 2.57 bits per heavy atom. The van der Waals surface area contributed by atoms with E-state index in [-0.39, 0.29) is 11.6 Å². The average molecular weight is 473 g/mol. The SMILES string of the molecule is C/C(=C(\N=C(/N(C)C=O)N1CCC(N)CC1)c1ccc(C#N)c(F)c1)c1ccc2c(ccn2C)c1. The van der Waals surface area contributed by atoms with Gasteiger partial charge in [0.15, 0.2) is 0 Å². The molecule has 1 aromatic heterocycles. The van der Waals surface area contributed by atoms with Crippen molar-refractivity contribution in [2.24, 2.45) is 17.8 Å². The quantitative estimate of drug-likeness (QED) is 0.269. The number of nitrogens with zero attached hydrogens (tertiary/aromatic N) is 5. The molecule has 1 aliphatic heterocycles. The molecule has 1 saturated heterocycles. The van der Waals surface area contributed by atoms with Crippen LogP contribution in [0.2, 0.25) is 0 Å². The van der Waals surface area contributed by atoms with Crippen LogP contribution in [0.3, 0.4) is 0 Å². The molecule has 0 bridgehead atoms. The summed E-state index contributed by atoms with van der Waals surface area (Å²) in [5.74, 6) is -0.134. The molecule has 2 N–H and O–H groups in total. The summed E-state index contributed by atoms with van der Waals surface area (Å²) in [6, 6.07) is 14.6. The van der Waals surface area contributed by atoms with Crippen LogP contribution in [-0.2, 0) is 11.8 Å². The van der Waals surface area contributed by atoms with Crippen molar-refractivity contribution in [1.29, 1.82) is 5.26 Å². The first-order chi connectivity index (χ1) is 16.8. The molecule has 1 aliphatic rings. The van der Waals surface area contributed by atoms with Gasteiger partial charge in [0.1, 0.15) is 11.9 Å². The van der Waals surface area contributed by atoms with Gasteiger partial charge in [-0.15, -0.1) is 0 Å². The number of guanidine groups is 1. The number of aromatic nitrogens is 1. The number of likely N-dealkylation sites (tertiary alicyclic amines) is 1. The number of allylic oxidation sites excluding steroid dienone is 1. The molecule has 2 heterocycles. The van der Waals surface area contributed by atoms with Crippen LogP contribution in [0.4, 0.5) is 4.39 Å². The van der Waals surface area contributed by atoms with Gasteiger partial charge in [-0.25, -0.2) is 9.38 Å². The maximum absolute atomic E-state index is 14.7. The van der Waals surface area contributed by atoms with Crippen molar-refractivity contribution in [2.75, 3.05) is 20.1 Å². The lowest BCUT2D eigenvalue weighted by atomic mass is 9.99. The van der Waals surface area contributed by atoms with E-state index in [4.69, 9.17) is 10.7 Å². The van der Waals surface area contributed by atoms with Crippen LogP contribution >= 0.6 is 0 Å². The van der Waals surface area contributed by atoms with Crippen LogP contribution in [0.5, 0.6) is 0 Å². The van der Waals surface area contributed by atoms with Gasteiger partial charge in [-0.2, -0.15) is 5.26 Å². The van der Waals surface area contributed by atoms with Gasteiger partial charge in [-0.3, -0.25) is 9.69 Å². The molecular formula is C27H29FN6O. The largest absolute Gasteiger partial charge is 0.351 e. The summed E-state index contributed by atoms with van der Waals surface area (Å²) < 4.78 is 16.7. The van der Waals surface area contributed by atoms with Gasteiger partial charge in [0.25, 0.3) is 0 Å². The van der Waals surface area contributed by atoms with E-state index in [1.165, 1.54) is 17.0 Å². The minimum Gasteiger partial charge on any atom is -0.351 e. The second-order valence-corrected chi connectivity index (χ2v) is 8.93. The zero-order valence-electron chi connectivity index (χ0n) is 20.2. The highest BCUT2D eigenvalue weighted by Crippen LogP contribution is 2.31. The van der Waals surface area contributed by atoms with E-state index >= 15 is 0 Å². The van der Waals surface area contributed by atoms with E-state index in [0.29, 0.717) is 30.3 Å². The predicted molar refractivity (Wildman–Crippen MR) is 137 cm³/mol. The van der Waals surface area contributed by atoms with Crippen molar-refractivity contribution in [3.8, 4) is 6.07 Å². The van der Waals surface area contributed by atoms with Crippen molar-refractivity contribution in [3.05, 3.63) is 71.2 Å². The minimum absolute atomic E-state index is 0.0318. The van der Waals surface area contributed by atoms with Crippen molar-refractivity contribution in [2.45, 2.75) is 25.8 Å². The zero-order chi connectivity index (χ0) is 25.1. The van der Waals surface area contributed by atoms with Gasteiger partial charge < -0.3 is 15.2 Å². The standard InChI is InChI=1S/C27H29FN6O/c1-18(19-6-7-25-20(14-19)8-11-32(25)2)26(21-4-5-22(16-29)24(28)15-21)31-27(33(3)17-35)34-12-9-23(30)10-13-34/h4-8,11,14-15,17,23H,9-10,12-13,30H2,1-3H3/b26-18+,31-27+. The molecule has 0 unspecified atom stereocenters. The Balaban J connectivity index is 1.91. The third-order valence-corrected chi connectivity index (χ3v) is 6.54. The first kappa shape index (κ1) is 24.2. The molecular weight excluding hydrogens is 443 g/mol. The van der Waals surface area contributed by atoms with Crippen molar-refractivity contribution >= 4 is 34.5 Å². The molecule has 8 heteroatoms. The number of hydrogen-bond donors (Lipinski definition) is 1. The number of aliphatic imine (C=N–C) groups is 1. The molecule has 1 amide bonds. The topological polar surface area (TPSA) is 90.7 Å². The maximum Gasteiger partial charge on any atom is 0.216 e. The van der Waals surface area contributed by atoms with Crippen molar-refractivity contribution in [1.82, 2.24) is 14.4 Å². The minimum atomic E-state index is -0.613. The van der Waals surface area contributed by atoms with E-state index in [2.05, 4.69) is 6.07 Å². The fraction of sp³-hybridized carbons (Fsp3) is 0.296. The van der Waals surface area contributed by atoms with Crippen LogP contribution in [0.1, 0.15) is 36.5 Å². The van der Waals surface area contributed by atoms with Crippen LogP contribution < -0.4 is 5.73 Å². The number of hydrogen-bond acceptors (Lipinski definition) is 4. The van der Waals surface area contributed by atoms with Crippen molar-refractivity contribution < 1.29 is 9.18 Å². The maximum atomic E-state index is 14.7. The van der Waals surface area contributed by atoms with E-state index in [1.807, 2.05) is 53.9 Å². The Labute approximate surface area is 204 Å². The number of halogens is 1. The molecule has 7 nitrogen and oxygen atoms in total. The Hall–Kier alpha value is -3.96. The third kappa shape index (κ3) is 4.96. The average Bonchev–Trinajstić information content (AvgIpc) is 3.24. The number of nitrogens with two attached hydrogens (primary N) is 1. The number of amides is 1. The van der Waals surface area contributed by atoms with E-state index in [0.717, 1.165) is 41.3 Å². The Kier molecular flexibility index (Phi) is 6.99. The van der Waals surface area contributed by atoms with Crippen molar-refractivity contribution in [3.63, 3.8) is 0 Å². The first-order valence-corrected chi connectivity index (χ1v) is 11.6. The van der Waals surface area contributed by atoms with Gasteiger partial charge in [0.05, 0.1) is 11.3 Å². The number of piperidine rings is 1. The summed E-state index contributed by atoms with van der Waals surface area (Å²) in [5.41, 5.74) is 9.96. The van der Waals surface area contributed by atoms with Crippen LogP contribution in [0, 0.1) is 17.1 Å². The molecule has 1 fully saturated rings. The monoisotopic (exact) mass is 472 g/mol. The zero-order valence-corrected chi connectivity index (χ0v) is 20.2. The molecule has 0 atom stereocenters. The van der Waals surface area contributed by atoms with E-state index < -0.39 is 5.82 Å². The van der Waals surface area contributed by atoms with Crippen LogP contribution in [-0.4, -0.2) is 52.9 Å². The highest BCUT2D eigenvalue weighted by Gasteiger charge is 2.23. The molecule has 4 rings (SSSR count). The molecule has 2 aromatic carbocycles. The Morgan fingerprint density at radius 1 is 1.20 bits per heavy atom. The lowest BCUT2D eigenvalue weighted by Crippen LogP contribution is -2.48. The van der Waals surface area contributed by atoms with Crippen LogP contribution in [0.25, 0.3) is 22.2 Å². The molecule has 0 spiro atoms. The second-order valence-electron chi connectivity index (χ2n) is 8.93. The number of aryl methyl sites for hydroxylation is 1. The molecule has 0 saturated carbocycles. The van der Waals surface area contributed by atoms with Crippen LogP contribution in [0.15, 0.2) is 53.7 Å². The Morgan fingerprint density at radius 2 is 1.91 bits per heavy atom. The lowest BCUT2D eigenvalue weighted by Gasteiger charge is -2.34. The molecule has 3 aromatic rings. The normalized spacial score (nSPS) is 15.7. The summed E-state index contributed by atoms with van der Waals surface area (Å²) in [7, 11) is 3.65. The van der Waals surface area contributed by atoms with E-state index in [9.17, 15) is 14.4 Å². The summed E-state index contributed by atoms with van der Waals surface area (Å²) in [4.78, 5) is 20.2. The summed E-state index contributed by atoms with van der Waals surface area (Å²) in [5, 5.41) is 10.3. The number of fused-ring (bicyclic) bond motifs is 1. The summed E-state index contributed by atoms with van der Waals surface area (Å²) >= 11 is 0. The number of benzene rings is 2. The number of rotatable bonds is 4. The third-order valence-electron chi connectivity index (χ3n) is 6.54. The molecule has 180 valence electrons. The van der Waals surface area contributed by atoms with Gasteiger partial charge in [0.2, 0.25) is 12.4 Å². The fourth-order valence-corrected chi connectivity index (χ4v) is 4.39. The number of carbonyl (C=O) groups excluding carboxylic acids is 1. The predicted octanol–water partition coefficient (Wildman–Crippen LogP) is 3.94. The Bertz CT molecular complexity index is 1360.